The number of likely N-dealkylation sites (tertiary alicyclic amines) is 1. The Morgan fingerprint density at radius 1 is 1.19 bits per heavy atom. The third-order valence-electron chi connectivity index (χ3n) is 8.32. The van der Waals surface area contributed by atoms with Crippen LogP contribution in [0.25, 0.3) is 0 Å². The average Bonchev–Trinajstić information content (AvgIpc) is 3.82. The fourth-order valence-electron chi connectivity index (χ4n) is 5.65. The van der Waals surface area contributed by atoms with Crippen molar-refractivity contribution in [3.8, 4) is 5.75 Å². The number of nitrogens with one attached hydrogen (secondary N) is 3. The summed E-state index contributed by atoms with van der Waals surface area (Å²) in [4.78, 5) is 38.1. The number of rotatable bonds is 11. The van der Waals surface area contributed by atoms with E-state index in [2.05, 4.69) is 15.8 Å². The van der Waals surface area contributed by atoms with E-state index in [4.69, 9.17) is 20.7 Å². The molecular formula is C32H39FN6O4. The van der Waals surface area contributed by atoms with Crippen LogP contribution < -0.4 is 21.3 Å². The summed E-state index contributed by atoms with van der Waals surface area (Å²) in [5.41, 5.74) is 12.1. The molecule has 11 heteroatoms. The van der Waals surface area contributed by atoms with Crippen molar-refractivity contribution in [3.05, 3.63) is 82.6 Å². The minimum absolute atomic E-state index is 0.121. The molecule has 1 aliphatic heterocycles. The zero-order valence-electron chi connectivity index (χ0n) is 24.6. The molecule has 1 saturated heterocycles. The molecule has 10 nitrogen and oxygen atoms in total. The number of piperidine rings is 1. The van der Waals surface area contributed by atoms with E-state index in [0.717, 1.165) is 18.5 Å². The van der Waals surface area contributed by atoms with Gasteiger partial charge in [-0.2, -0.15) is 0 Å². The molecular weight excluding hydrogens is 551 g/mol. The molecule has 0 bridgehead atoms. The van der Waals surface area contributed by atoms with Gasteiger partial charge in [0, 0.05) is 59.5 Å². The lowest BCUT2D eigenvalue weighted by Gasteiger charge is -2.39. The van der Waals surface area contributed by atoms with Crippen molar-refractivity contribution < 1.29 is 23.6 Å². The van der Waals surface area contributed by atoms with E-state index in [9.17, 15) is 14.0 Å². The van der Waals surface area contributed by atoms with Gasteiger partial charge in [-0.25, -0.2) is 9.87 Å². The molecule has 5 rings (SSSR count). The molecule has 2 amide bonds. The second-order valence-corrected chi connectivity index (χ2v) is 11.5. The Morgan fingerprint density at radius 3 is 2.74 bits per heavy atom. The molecule has 2 aromatic rings. The molecule has 2 fully saturated rings. The number of carbonyl (C=O) groups excluding carboxylic acids is 2. The summed E-state index contributed by atoms with van der Waals surface area (Å²) in [6, 6.07) is 7.38. The number of nitrogens with two attached hydrogens (primary N) is 1. The molecule has 1 aromatic heterocycles. The van der Waals surface area contributed by atoms with E-state index in [1.807, 2.05) is 17.9 Å². The van der Waals surface area contributed by atoms with Crippen molar-refractivity contribution in [2.75, 3.05) is 20.3 Å². The summed E-state index contributed by atoms with van der Waals surface area (Å²) < 4.78 is 20.3. The van der Waals surface area contributed by atoms with Crippen LogP contribution in [0.5, 0.6) is 5.75 Å². The molecule has 5 N–H and O–H groups in total. The molecule has 0 radical (unpaired) electrons. The SMILES string of the molecule is COc1cccc(F)c1CN1C[C@H](NC(=O)C2=CC=C(N)C(C(=N)c3ccnc(C)c3)C2)CC[C@H]1C(=O)NOCC1CC1. The lowest BCUT2D eigenvalue weighted by atomic mass is 9.84. The van der Waals surface area contributed by atoms with E-state index in [0.29, 0.717) is 72.2 Å². The van der Waals surface area contributed by atoms with Gasteiger partial charge < -0.3 is 21.2 Å². The first kappa shape index (κ1) is 30.4. The van der Waals surface area contributed by atoms with Crippen LogP contribution in [-0.2, 0) is 21.0 Å². The van der Waals surface area contributed by atoms with Gasteiger partial charge in [-0.05, 0) is 80.9 Å². The maximum atomic E-state index is 14.9. The Labute approximate surface area is 251 Å². The van der Waals surface area contributed by atoms with Gasteiger partial charge in [0.1, 0.15) is 11.6 Å². The maximum absolute atomic E-state index is 14.9. The molecule has 1 unspecified atom stereocenters. The number of benzene rings is 1. The van der Waals surface area contributed by atoms with Gasteiger partial charge in [-0.1, -0.05) is 12.1 Å². The zero-order chi connectivity index (χ0) is 30.5. The van der Waals surface area contributed by atoms with Gasteiger partial charge in [0.05, 0.1) is 19.8 Å². The molecule has 3 aliphatic rings. The Kier molecular flexibility index (Phi) is 9.52. The van der Waals surface area contributed by atoms with Gasteiger partial charge in [-0.3, -0.25) is 24.3 Å². The summed E-state index contributed by atoms with van der Waals surface area (Å²) in [5.74, 6) is -0.524. The summed E-state index contributed by atoms with van der Waals surface area (Å²) in [7, 11) is 1.48. The Balaban J connectivity index is 1.27. The number of nitrogens with zero attached hydrogens (tertiary/aromatic N) is 2. The molecule has 0 spiro atoms. The van der Waals surface area contributed by atoms with Crippen molar-refractivity contribution in [2.24, 2.45) is 17.6 Å². The normalized spacial score (nSPS) is 22.3. The topological polar surface area (TPSA) is 143 Å². The molecule has 3 atom stereocenters. The average molecular weight is 591 g/mol. The molecule has 2 aliphatic carbocycles. The molecule has 2 heterocycles. The van der Waals surface area contributed by atoms with Crippen LogP contribution in [0.3, 0.4) is 0 Å². The van der Waals surface area contributed by atoms with Crippen LogP contribution in [0.1, 0.15) is 48.9 Å². The molecule has 1 aromatic carbocycles. The third-order valence-corrected chi connectivity index (χ3v) is 8.32. The predicted octanol–water partition coefficient (Wildman–Crippen LogP) is 3.30. The first-order valence-electron chi connectivity index (χ1n) is 14.7. The largest absolute Gasteiger partial charge is 0.496 e. The van der Waals surface area contributed by atoms with Crippen LogP contribution in [0.15, 0.2) is 60.0 Å². The van der Waals surface area contributed by atoms with E-state index in [1.165, 1.54) is 13.2 Å². The van der Waals surface area contributed by atoms with Crippen LogP contribution in [0.2, 0.25) is 0 Å². The molecule has 1 saturated carbocycles. The fourth-order valence-corrected chi connectivity index (χ4v) is 5.65. The highest BCUT2D eigenvalue weighted by molar-refractivity contribution is 6.03. The monoisotopic (exact) mass is 590 g/mol. The number of hydroxylamine groups is 1. The number of amides is 2. The number of halogens is 1. The van der Waals surface area contributed by atoms with Crippen molar-refractivity contribution in [1.29, 1.82) is 5.41 Å². The Morgan fingerprint density at radius 2 is 2.00 bits per heavy atom. The zero-order valence-corrected chi connectivity index (χ0v) is 24.6. The third kappa shape index (κ3) is 7.47. The highest BCUT2D eigenvalue weighted by atomic mass is 19.1. The van der Waals surface area contributed by atoms with Gasteiger partial charge >= 0.3 is 0 Å². The lowest BCUT2D eigenvalue weighted by Crippen LogP contribution is -2.56. The Hall–Kier alpha value is -4.09. The first-order valence-corrected chi connectivity index (χ1v) is 14.7. The second kappa shape index (κ2) is 13.5. The quantitative estimate of drug-likeness (QED) is 0.232. The molecule has 43 heavy (non-hydrogen) atoms. The van der Waals surface area contributed by atoms with E-state index in [1.54, 1.807) is 36.5 Å². The highest BCUT2D eigenvalue weighted by Crippen LogP contribution is 2.30. The van der Waals surface area contributed by atoms with Crippen LogP contribution in [0.4, 0.5) is 4.39 Å². The van der Waals surface area contributed by atoms with Crippen molar-refractivity contribution in [2.45, 2.75) is 57.7 Å². The minimum Gasteiger partial charge on any atom is -0.496 e. The summed E-state index contributed by atoms with van der Waals surface area (Å²) in [5, 5.41) is 11.9. The smallest absolute Gasteiger partial charge is 0.260 e. The second-order valence-electron chi connectivity index (χ2n) is 11.5. The van der Waals surface area contributed by atoms with E-state index < -0.39 is 17.8 Å². The van der Waals surface area contributed by atoms with Crippen molar-refractivity contribution in [3.63, 3.8) is 0 Å². The van der Waals surface area contributed by atoms with Crippen LogP contribution in [0, 0.1) is 30.0 Å². The minimum atomic E-state index is -0.568. The van der Waals surface area contributed by atoms with E-state index in [-0.39, 0.29) is 24.4 Å². The highest BCUT2D eigenvalue weighted by Gasteiger charge is 2.36. The van der Waals surface area contributed by atoms with Gasteiger partial charge in [0.25, 0.3) is 5.91 Å². The summed E-state index contributed by atoms with van der Waals surface area (Å²) >= 11 is 0. The number of aryl methyl sites for hydroxylation is 1. The van der Waals surface area contributed by atoms with E-state index >= 15 is 0 Å². The first-order chi connectivity index (χ1) is 20.7. The van der Waals surface area contributed by atoms with Gasteiger partial charge in [0.15, 0.2) is 0 Å². The summed E-state index contributed by atoms with van der Waals surface area (Å²) in [6.07, 6.45) is 8.54. The number of hydrogen-bond acceptors (Lipinski definition) is 8. The number of pyridine rings is 1. The van der Waals surface area contributed by atoms with Crippen molar-refractivity contribution in [1.82, 2.24) is 20.7 Å². The van der Waals surface area contributed by atoms with Gasteiger partial charge in [0.2, 0.25) is 5.91 Å². The Bertz CT molecular complexity index is 1440. The number of methoxy groups -OCH3 is 1. The van der Waals surface area contributed by atoms with Crippen molar-refractivity contribution >= 4 is 17.5 Å². The number of hydrogen-bond donors (Lipinski definition) is 4. The fraction of sp³-hybridized carbons (Fsp3) is 0.438. The number of ether oxygens (including phenoxy) is 1. The number of aromatic nitrogens is 1. The predicted molar refractivity (Wildman–Crippen MR) is 159 cm³/mol. The van der Waals surface area contributed by atoms with Crippen LogP contribution in [-0.4, -0.2) is 59.8 Å². The lowest BCUT2D eigenvalue weighted by molar-refractivity contribution is -0.141. The maximum Gasteiger partial charge on any atom is 0.260 e. The molecule has 228 valence electrons. The number of carbonyl (C=O) groups is 2. The van der Waals surface area contributed by atoms with Gasteiger partial charge in [-0.15, -0.1) is 0 Å². The number of allylic oxidation sites excluding steroid dienone is 3. The van der Waals surface area contributed by atoms with Crippen LogP contribution >= 0.6 is 0 Å². The standard InChI is InChI=1S/C32H39FN6O4/c1-19-14-21(12-13-36-19)30(35)24-15-22(8-10-27(24)34)31(40)37-23-9-11-28(32(41)38-43-18-20-6-7-20)39(16-23)17-25-26(33)4-3-5-29(25)42-2/h3-5,8,10,12-14,20,23-24,28,35H,6-7,9,11,15-18,34H2,1-2H3,(H,37,40)(H,38,41)/t23-,24?,28+/m1/s1. The summed E-state index contributed by atoms with van der Waals surface area (Å²) in [6.45, 7) is 2.78.